The third kappa shape index (κ3) is 10.3. The fraction of sp³-hybridized carbons (Fsp3) is 0.882. The van der Waals surface area contributed by atoms with Crippen molar-refractivity contribution in [3.05, 3.63) is 0 Å². The molecule has 0 aliphatic heterocycles. The molecule has 0 radical (unpaired) electrons. The summed E-state index contributed by atoms with van der Waals surface area (Å²) >= 11 is 0. The van der Waals surface area contributed by atoms with Crippen LogP contribution in [0.5, 0.6) is 0 Å². The van der Waals surface area contributed by atoms with E-state index in [-0.39, 0.29) is 24.9 Å². The van der Waals surface area contributed by atoms with Gasteiger partial charge in [-0.2, -0.15) is 0 Å². The first-order valence-electron chi connectivity index (χ1n) is 8.85. The molecule has 2 amide bonds. The van der Waals surface area contributed by atoms with Gasteiger partial charge in [-0.15, -0.1) is 0 Å². The van der Waals surface area contributed by atoms with Crippen molar-refractivity contribution in [2.75, 3.05) is 40.4 Å². The molecule has 134 valence electrons. The van der Waals surface area contributed by atoms with Crippen LogP contribution in [0.1, 0.15) is 51.4 Å². The highest BCUT2D eigenvalue weighted by Crippen LogP contribution is 2.16. The molecule has 0 bridgehead atoms. The maximum Gasteiger partial charge on any atom is 0.234 e. The molecule has 0 aromatic heterocycles. The average Bonchev–Trinajstić information content (AvgIpc) is 2.46. The minimum absolute atomic E-state index is 0.0188. The van der Waals surface area contributed by atoms with E-state index in [1.807, 2.05) is 0 Å². The van der Waals surface area contributed by atoms with Gasteiger partial charge in [-0.05, 0) is 26.3 Å². The van der Waals surface area contributed by atoms with E-state index in [1.165, 1.54) is 32.1 Å². The van der Waals surface area contributed by atoms with E-state index in [9.17, 15) is 9.59 Å². The summed E-state index contributed by atoms with van der Waals surface area (Å²) in [7, 11) is 3.44. The Labute approximate surface area is 140 Å². The van der Waals surface area contributed by atoms with E-state index < -0.39 is 0 Å². The van der Waals surface area contributed by atoms with Gasteiger partial charge in [0.15, 0.2) is 0 Å². The van der Waals surface area contributed by atoms with E-state index in [0.29, 0.717) is 19.2 Å². The summed E-state index contributed by atoms with van der Waals surface area (Å²) in [6, 6.07) is 0.305. The second-order valence-corrected chi connectivity index (χ2v) is 6.48. The van der Waals surface area contributed by atoms with Crippen molar-refractivity contribution in [3.63, 3.8) is 0 Å². The molecular weight excluding hydrogens is 294 g/mol. The third-order valence-electron chi connectivity index (χ3n) is 4.14. The van der Waals surface area contributed by atoms with Crippen LogP contribution in [0.25, 0.3) is 0 Å². The number of nitrogens with zero attached hydrogens (tertiary/aromatic N) is 1. The van der Waals surface area contributed by atoms with Gasteiger partial charge in [0, 0.05) is 26.3 Å². The zero-order valence-corrected chi connectivity index (χ0v) is 14.7. The van der Waals surface area contributed by atoms with Crippen molar-refractivity contribution >= 4 is 11.8 Å². The quantitative estimate of drug-likeness (QED) is 0.626. The summed E-state index contributed by atoms with van der Waals surface area (Å²) in [4.78, 5) is 25.6. The fourth-order valence-electron chi connectivity index (χ4n) is 2.92. The van der Waals surface area contributed by atoms with Crippen LogP contribution in [0, 0.1) is 0 Å². The molecule has 0 aromatic carbocycles. The molecule has 23 heavy (non-hydrogen) atoms. The summed E-state index contributed by atoms with van der Waals surface area (Å²) < 4.78 is 4.93. The summed E-state index contributed by atoms with van der Waals surface area (Å²) in [6.45, 7) is 1.75. The molecule has 0 saturated heterocycles. The Morgan fingerprint density at radius 1 is 1.04 bits per heavy atom. The Bertz CT molecular complexity index is 342. The van der Waals surface area contributed by atoms with Crippen LogP contribution in [0.15, 0.2) is 0 Å². The number of amides is 2. The SMILES string of the molecule is COCCCNC(=O)CN(C)CC(=O)NC1CCCCCCC1. The van der Waals surface area contributed by atoms with E-state index in [2.05, 4.69) is 10.6 Å². The van der Waals surface area contributed by atoms with Crippen LogP contribution in [-0.4, -0.2) is 63.2 Å². The lowest BCUT2D eigenvalue weighted by molar-refractivity contribution is -0.125. The first kappa shape index (κ1) is 19.9. The molecule has 2 N–H and O–H groups in total. The highest BCUT2D eigenvalue weighted by Gasteiger charge is 2.16. The number of methoxy groups -OCH3 is 1. The molecule has 0 unspecified atom stereocenters. The normalized spacial score (nSPS) is 16.7. The first-order valence-corrected chi connectivity index (χ1v) is 8.85. The number of ether oxygens (including phenoxy) is 1. The van der Waals surface area contributed by atoms with Gasteiger partial charge in [-0.1, -0.05) is 32.1 Å². The number of rotatable bonds is 9. The van der Waals surface area contributed by atoms with E-state index >= 15 is 0 Å². The van der Waals surface area contributed by atoms with Crippen molar-refractivity contribution in [1.82, 2.24) is 15.5 Å². The molecule has 1 aliphatic carbocycles. The number of likely N-dealkylation sites (N-methyl/N-ethyl adjacent to an activating group) is 1. The third-order valence-corrected chi connectivity index (χ3v) is 4.14. The van der Waals surface area contributed by atoms with Gasteiger partial charge in [-0.25, -0.2) is 0 Å². The van der Waals surface area contributed by atoms with Gasteiger partial charge in [0.05, 0.1) is 13.1 Å². The molecule has 6 heteroatoms. The molecule has 0 spiro atoms. The molecule has 6 nitrogen and oxygen atoms in total. The first-order chi connectivity index (χ1) is 11.1. The Hall–Kier alpha value is -1.14. The Morgan fingerprint density at radius 3 is 2.30 bits per heavy atom. The largest absolute Gasteiger partial charge is 0.385 e. The summed E-state index contributed by atoms with van der Waals surface area (Å²) in [6.07, 6.45) is 9.22. The van der Waals surface area contributed by atoms with Crippen LogP contribution in [0.3, 0.4) is 0 Å². The molecule has 0 aromatic rings. The van der Waals surface area contributed by atoms with E-state index in [4.69, 9.17) is 4.74 Å². The van der Waals surface area contributed by atoms with Crippen molar-refractivity contribution in [1.29, 1.82) is 0 Å². The van der Waals surface area contributed by atoms with Crippen molar-refractivity contribution in [2.24, 2.45) is 0 Å². The number of nitrogens with one attached hydrogen (secondary N) is 2. The predicted octanol–water partition coefficient (Wildman–Crippen LogP) is 1.30. The molecular formula is C17H33N3O3. The second kappa shape index (κ2) is 12.3. The Kier molecular flexibility index (Phi) is 10.6. The van der Waals surface area contributed by atoms with Gasteiger partial charge in [0.25, 0.3) is 0 Å². The van der Waals surface area contributed by atoms with Gasteiger partial charge in [0.2, 0.25) is 11.8 Å². The van der Waals surface area contributed by atoms with Crippen molar-refractivity contribution in [3.8, 4) is 0 Å². The molecule has 0 atom stereocenters. The van der Waals surface area contributed by atoms with Gasteiger partial charge >= 0.3 is 0 Å². The second-order valence-electron chi connectivity index (χ2n) is 6.48. The van der Waals surface area contributed by atoms with E-state index in [1.54, 1.807) is 19.1 Å². The number of carbonyl (C=O) groups is 2. The number of carbonyl (C=O) groups excluding carboxylic acids is 2. The molecule has 1 aliphatic rings. The van der Waals surface area contributed by atoms with E-state index in [0.717, 1.165) is 19.3 Å². The Morgan fingerprint density at radius 2 is 1.65 bits per heavy atom. The Balaban J connectivity index is 2.17. The lowest BCUT2D eigenvalue weighted by Crippen LogP contribution is -2.44. The van der Waals surface area contributed by atoms with Crippen LogP contribution in [0.4, 0.5) is 0 Å². The highest BCUT2D eigenvalue weighted by atomic mass is 16.5. The topological polar surface area (TPSA) is 70.7 Å². The number of hydrogen-bond donors (Lipinski definition) is 2. The highest BCUT2D eigenvalue weighted by molar-refractivity contribution is 5.81. The number of hydrogen-bond acceptors (Lipinski definition) is 4. The summed E-state index contributed by atoms with van der Waals surface area (Å²) in [5.41, 5.74) is 0. The maximum atomic E-state index is 12.1. The van der Waals surface area contributed by atoms with Crippen LogP contribution < -0.4 is 10.6 Å². The monoisotopic (exact) mass is 327 g/mol. The van der Waals surface area contributed by atoms with Crippen LogP contribution in [-0.2, 0) is 14.3 Å². The zero-order chi connectivity index (χ0) is 16.9. The molecule has 1 saturated carbocycles. The van der Waals surface area contributed by atoms with Gasteiger partial charge in [-0.3, -0.25) is 14.5 Å². The fourth-order valence-corrected chi connectivity index (χ4v) is 2.92. The molecule has 0 heterocycles. The van der Waals surface area contributed by atoms with Gasteiger partial charge in [0.1, 0.15) is 0 Å². The lowest BCUT2D eigenvalue weighted by Gasteiger charge is -2.23. The minimum atomic E-state index is -0.0534. The van der Waals surface area contributed by atoms with Crippen molar-refractivity contribution < 1.29 is 14.3 Å². The van der Waals surface area contributed by atoms with Crippen molar-refractivity contribution in [2.45, 2.75) is 57.4 Å². The summed E-state index contributed by atoms with van der Waals surface area (Å²) in [5.74, 6) is -0.0346. The predicted molar refractivity (Wildman–Crippen MR) is 91.2 cm³/mol. The molecule has 1 rings (SSSR count). The standard InChI is InChI=1S/C17H33N3O3/c1-20(13-16(21)18-11-8-12-23-2)14-17(22)19-15-9-6-4-3-5-7-10-15/h15H,3-14H2,1-2H3,(H,18,21)(H,19,22). The van der Waals surface area contributed by atoms with Gasteiger partial charge < -0.3 is 15.4 Å². The van der Waals surface area contributed by atoms with Crippen LogP contribution in [0.2, 0.25) is 0 Å². The average molecular weight is 327 g/mol. The zero-order valence-electron chi connectivity index (χ0n) is 14.7. The minimum Gasteiger partial charge on any atom is -0.385 e. The lowest BCUT2D eigenvalue weighted by atomic mass is 9.97. The van der Waals surface area contributed by atoms with Crippen LogP contribution >= 0.6 is 0 Å². The maximum absolute atomic E-state index is 12.1. The summed E-state index contributed by atoms with van der Waals surface area (Å²) in [5, 5.41) is 5.95. The smallest absolute Gasteiger partial charge is 0.234 e. The molecule has 1 fully saturated rings.